The topological polar surface area (TPSA) is 0 Å². The molecule has 10 aromatic rings. The van der Waals surface area contributed by atoms with Crippen LogP contribution in [-0.4, -0.2) is 0 Å². The third-order valence-corrected chi connectivity index (χ3v) is 18.2. The molecule has 80 heavy (non-hydrogen) atoms. The van der Waals surface area contributed by atoms with E-state index in [1.807, 2.05) is 12.1 Å². The molecule has 0 fully saturated rings. The molecule has 0 bridgehead atoms. The monoisotopic (exact) mass is 1040 g/mol. The Morgan fingerprint density at radius 2 is 0.475 bits per heavy atom. The van der Waals surface area contributed by atoms with Gasteiger partial charge in [-0.1, -0.05) is 309 Å². The summed E-state index contributed by atoms with van der Waals surface area (Å²) in [6.45, 7) is 28.2. The number of hydrogen-bond acceptors (Lipinski definition) is 0. The Hall–Kier alpha value is -7.80. The van der Waals surface area contributed by atoms with E-state index in [-0.39, 0.29) is 29.1 Å². The summed E-state index contributed by atoms with van der Waals surface area (Å²) in [7, 11) is 0. The molecule has 14 rings (SSSR count). The van der Waals surface area contributed by atoms with Gasteiger partial charge < -0.3 is 0 Å². The molecule has 2 spiro atoms. The quantitative estimate of drug-likeness (QED) is 0.165. The molecule has 0 unspecified atom stereocenters. The van der Waals surface area contributed by atoms with Crippen molar-refractivity contribution in [2.75, 3.05) is 0 Å². The first-order valence-corrected chi connectivity index (χ1v) is 28.9. The van der Waals surface area contributed by atoms with E-state index in [1.54, 1.807) is 0 Å². The van der Waals surface area contributed by atoms with Crippen LogP contribution in [0.4, 0.5) is 0 Å². The van der Waals surface area contributed by atoms with Gasteiger partial charge in [0.25, 0.3) is 0 Å². The van der Waals surface area contributed by atoms with Crippen molar-refractivity contribution in [2.45, 2.75) is 129 Å². The molecule has 0 nitrogen and oxygen atoms in total. The Balaban J connectivity index is 0.000000433. The fourth-order valence-electron chi connectivity index (χ4n) is 14.0. The van der Waals surface area contributed by atoms with Crippen LogP contribution < -0.4 is 0 Å². The molecule has 0 atom stereocenters. The molecule has 0 aliphatic heterocycles. The number of fused-ring (bicyclic) bond motifs is 20. The van der Waals surface area contributed by atoms with Crippen molar-refractivity contribution >= 4 is 0 Å². The lowest BCUT2D eigenvalue weighted by atomic mass is 9.68. The summed E-state index contributed by atoms with van der Waals surface area (Å²) in [5.41, 5.74) is 32.1. The minimum atomic E-state index is -0.425. The van der Waals surface area contributed by atoms with Crippen LogP contribution >= 0.6 is 0 Å². The van der Waals surface area contributed by atoms with Crippen molar-refractivity contribution in [3.8, 4) is 55.6 Å². The molecular weight excluding hydrogens is 961 g/mol. The van der Waals surface area contributed by atoms with E-state index in [9.17, 15) is 0 Å². The summed E-state index contributed by atoms with van der Waals surface area (Å²) in [5.74, 6) is 0. The molecule has 398 valence electrons. The van der Waals surface area contributed by atoms with Crippen LogP contribution in [0.1, 0.15) is 168 Å². The van der Waals surface area contributed by atoms with Crippen LogP contribution in [0.25, 0.3) is 55.6 Å². The van der Waals surface area contributed by atoms with Gasteiger partial charge in [0.1, 0.15) is 0 Å². The molecule has 0 N–H and O–H groups in total. The summed E-state index contributed by atoms with van der Waals surface area (Å²) in [6, 6.07) is 83.8. The summed E-state index contributed by atoms with van der Waals surface area (Å²) < 4.78 is 0. The molecule has 0 aromatic heterocycles. The summed E-state index contributed by atoms with van der Waals surface area (Å²) in [6.07, 6.45) is 0.840. The normalized spacial score (nSPS) is 14.4. The van der Waals surface area contributed by atoms with Crippen LogP contribution in [0.15, 0.2) is 218 Å². The van der Waals surface area contributed by atoms with E-state index in [1.165, 1.54) is 134 Å². The highest BCUT2D eigenvalue weighted by atomic mass is 14.6. The van der Waals surface area contributed by atoms with Gasteiger partial charge in [0, 0.05) is 0 Å². The van der Waals surface area contributed by atoms with Crippen LogP contribution in [0.3, 0.4) is 0 Å². The Labute approximate surface area is 478 Å². The lowest BCUT2D eigenvalue weighted by molar-refractivity contribution is 0.586. The lowest BCUT2D eigenvalue weighted by Gasteiger charge is -2.33. The van der Waals surface area contributed by atoms with Crippen molar-refractivity contribution in [1.82, 2.24) is 0 Å². The average Bonchev–Trinajstić information content (AvgIpc) is 4.12. The second-order valence-electron chi connectivity index (χ2n) is 27.3. The Morgan fingerprint density at radius 1 is 0.237 bits per heavy atom. The first-order valence-electron chi connectivity index (χ1n) is 28.9. The molecule has 10 aromatic carbocycles. The number of rotatable bonds is 3. The van der Waals surface area contributed by atoms with E-state index in [2.05, 4.69) is 289 Å². The summed E-state index contributed by atoms with van der Waals surface area (Å²) in [5, 5.41) is 0. The zero-order valence-corrected chi connectivity index (χ0v) is 48.5. The van der Waals surface area contributed by atoms with Crippen molar-refractivity contribution in [3.63, 3.8) is 0 Å². The third kappa shape index (κ3) is 8.06. The SMILES string of the molecule is C.CC(C)(C)c1ccc2c(c1)C1(c3ccccc3-c3ccc(Cc4ccc5c(c4)C4(c6ccccc6-5)c5cc(C(C)(C)C)ccc5-c5ccc(C(C)(C)C)cc54)cc31)c1cc(C(C)(C)C)ccc1-2.c1ccc(-c2ccccc2)cc1. The zero-order chi connectivity index (χ0) is 55.0. The zero-order valence-electron chi connectivity index (χ0n) is 48.5. The largest absolute Gasteiger partial charge is 0.0776 e. The maximum atomic E-state index is 2.60. The molecule has 4 aliphatic rings. The Kier molecular flexibility index (Phi) is 12.3. The average molecular weight is 1040 g/mol. The van der Waals surface area contributed by atoms with Crippen molar-refractivity contribution < 1.29 is 0 Å². The van der Waals surface area contributed by atoms with Gasteiger partial charge in [0.05, 0.1) is 10.8 Å². The Bertz CT molecular complexity index is 3660. The van der Waals surface area contributed by atoms with Gasteiger partial charge in [-0.15, -0.1) is 0 Å². The minimum Gasteiger partial charge on any atom is -0.0776 e. The van der Waals surface area contributed by atoms with E-state index in [0.29, 0.717) is 0 Å². The van der Waals surface area contributed by atoms with Gasteiger partial charge in [0.2, 0.25) is 0 Å². The highest BCUT2D eigenvalue weighted by Gasteiger charge is 2.54. The standard InChI is InChI=1S/C67H64.C12H10.CH4/c1-62(2,3)42-23-29-50-51-30-24-43(63(4,5)6)37-59(51)66(58(50)36-42)54-19-15-13-17-46(54)48-27-21-40(34-56(48)66)33-41-22-28-49-47-18-14-16-20-55(47)67(57(49)35-41)60-38-44(64(7,8)9)25-31-52(60)53-32-26-45(39-61(53)67)65(10,11)12;1-3-7-11(8-4-1)12-9-5-2-6-10-12;/h13-32,34-39H,33H2,1-12H3;1-10H;1H4. The predicted octanol–water partition coefficient (Wildman–Crippen LogP) is 21.1. The first kappa shape index (κ1) is 52.9. The van der Waals surface area contributed by atoms with Gasteiger partial charge in [0.15, 0.2) is 0 Å². The van der Waals surface area contributed by atoms with Crippen LogP contribution in [-0.2, 0) is 38.9 Å². The van der Waals surface area contributed by atoms with E-state index in [4.69, 9.17) is 0 Å². The van der Waals surface area contributed by atoms with Gasteiger partial charge in [-0.25, -0.2) is 0 Å². The first-order chi connectivity index (χ1) is 37.7. The Morgan fingerprint density at radius 3 is 0.762 bits per heavy atom. The fourth-order valence-corrected chi connectivity index (χ4v) is 14.0. The van der Waals surface area contributed by atoms with Crippen molar-refractivity contribution in [1.29, 1.82) is 0 Å². The molecule has 0 saturated heterocycles. The van der Waals surface area contributed by atoms with Crippen LogP contribution in [0.5, 0.6) is 0 Å². The smallest absolute Gasteiger partial charge is 0.0725 e. The molecule has 0 heterocycles. The van der Waals surface area contributed by atoms with Crippen molar-refractivity contribution in [3.05, 3.63) is 296 Å². The highest BCUT2D eigenvalue weighted by molar-refractivity contribution is 5.97. The predicted molar refractivity (Wildman–Crippen MR) is 342 cm³/mol. The highest BCUT2D eigenvalue weighted by Crippen LogP contribution is 2.66. The van der Waals surface area contributed by atoms with Crippen LogP contribution in [0, 0.1) is 0 Å². The summed E-state index contributed by atoms with van der Waals surface area (Å²) >= 11 is 0. The van der Waals surface area contributed by atoms with Gasteiger partial charge in [-0.3, -0.25) is 0 Å². The van der Waals surface area contributed by atoms with Gasteiger partial charge >= 0.3 is 0 Å². The second kappa shape index (κ2) is 18.6. The third-order valence-electron chi connectivity index (χ3n) is 18.2. The molecule has 4 aliphatic carbocycles. The number of hydrogen-bond donors (Lipinski definition) is 0. The number of benzene rings is 10. The minimum absolute atomic E-state index is 0. The summed E-state index contributed by atoms with van der Waals surface area (Å²) in [4.78, 5) is 0. The fraction of sp³-hybridized carbons (Fsp3) is 0.250. The van der Waals surface area contributed by atoms with E-state index in [0.717, 1.165) is 6.42 Å². The van der Waals surface area contributed by atoms with Gasteiger partial charge in [-0.05, 0) is 162 Å². The molecule has 0 heteroatoms. The van der Waals surface area contributed by atoms with E-state index < -0.39 is 10.8 Å². The van der Waals surface area contributed by atoms with E-state index >= 15 is 0 Å². The molecular formula is C80H78. The molecule has 0 amide bonds. The van der Waals surface area contributed by atoms with Crippen molar-refractivity contribution in [2.24, 2.45) is 0 Å². The molecule has 0 radical (unpaired) electrons. The second-order valence-corrected chi connectivity index (χ2v) is 27.3. The van der Waals surface area contributed by atoms with Crippen LogP contribution in [0.2, 0.25) is 0 Å². The lowest BCUT2D eigenvalue weighted by Crippen LogP contribution is -2.27. The maximum Gasteiger partial charge on any atom is 0.0725 e. The van der Waals surface area contributed by atoms with Gasteiger partial charge in [-0.2, -0.15) is 0 Å². The maximum absolute atomic E-state index is 2.60. The molecule has 0 saturated carbocycles.